The molecule has 2 aliphatic heterocycles. The maximum Gasteiger partial charge on any atom is 0.222 e. The third kappa shape index (κ3) is 5.41. The molecule has 0 aliphatic carbocycles. The van der Waals surface area contributed by atoms with E-state index in [4.69, 9.17) is 10.5 Å². The summed E-state index contributed by atoms with van der Waals surface area (Å²) in [6.45, 7) is 12.5. The number of fused-ring (bicyclic) bond motifs is 1. The quantitative estimate of drug-likeness (QED) is 0.370. The van der Waals surface area contributed by atoms with Gasteiger partial charge < -0.3 is 20.7 Å². The van der Waals surface area contributed by atoms with Crippen molar-refractivity contribution in [3.8, 4) is 5.75 Å². The minimum absolute atomic E-state index is 0.238. The van der Waals surface area contributed by atoms with Crippen molar-refractivity contribution in [1.29, 1.82) is 0 Å². The first-order chi connectivity index (χ1) is 18.3. The predicted molar refractivity (Wildman–Crippen MR) is 149 cm³/mol. The van der Waals surface area contributed by atoms with Crippen LogP contribution in [0, 0.1) is 11.3 Å². The number of carbonyl (C=O) groups is 1. The summed E-state index contributed by atoms with van der Waals surface area (Å²) in [4.78, 5) is 25.6. The molecule has 0 saturated carbocycles. The number of hydrogen-bond acceptors (Lipinski definition) is 8. The van der Waals surface area contributed by atoms with E-state index in [-0.39, 0.29) is 5.95 Å². The van der Waals surface area contributed by atoms with Gasteiger partial charge in [-0.05, 0) is 24.0 Å². The van der Waals surface area contributed by atoms with Gasteiger partial charge >= 0.3 is 0 Å². The molecule has 3 N–H and O–H groups in total. The Labute approximate surface area is 224 Å². The largest absolute Gasteiger partial charge is 0.496 e. The highest BCUT2D eigenvalue weighted by atomic mass is 16.5. The molecule has 0 bridgehead atoms. The summed E-state index contributed by atoms with van der Waals surface area (Å²) < 4.78 is 7.69. The summed E-state index contributed by atoms with van der Waals surface area (Å²) in [5.41, 5.74) is 10.1. The molecule has 0 unspecified atom stereocenters. The highest BCUT2D eigenvalue weighted by Crippen LogP contribution is 2.41. The topological polar surface area (TPSA) is 114 Å². The molecule has 1 spiro atoms. The van der Waals surface area contributed by atoms with E-state index in [0.29, 0.717) is 36.0 Å². The number of nitrogens with one attached hydrogen (secondary N) is 1. The number of carbonyl (C=O) groups excluding carboxylic acids is 1. The van der Waals surface area contributed by atoms with Crippen molar-refractivity contribution in [3.05, 3.63) is 35.5 Å². The van der Waals surface area contributed by atoms with E-state index in [1.807, 2.05) is 9.58 Å². The fraction of sp³-hybridized carbons (Fsp3) is 0.571. The summed E-state index contributed by atoms with van der Waals surface area (Å²) in [7, 11) is 1.71. The number of nitrogens with zero attached hydrogens (tertiary/aromatic N) is 6. The molecule has 0 radical (unpaired) electrons. The minimum atomic E-state index is 0.238. The predicted octanol–water partition coefficient (Wildman–Crippen LogP) is 3.37. The van der Waals surface area contributed by atoms with Gasteiger partial charge in [0, 0.05) is 56.7 Å². The molecule has 2 saturated heterocycles. The monoisotopic (exact) mass is 520 g/mol. The molecule has 5 rings (SSSR count). The molecule has 3 aromatic rings. The van der Waals surface area contributed by atoms with E-state index in [1.54, 1.807) is 13.3 Å². The Hall–Kier alpha value is -3.40. The molecule has 2 fully saturated rings. The van der Waals surface area contributed by atoms with Crippen molar-refractivity contribution < 1.29 is 9.53 Å². The van der Waals surface area contributed by atoms with Gasteiger partial charge in [0.2, 0.25) is 11.9 Å². The highest BCUT2D eigenvalue weighted by molar-refractivity contribution is 5.86. The first kappa shape index (κ1) is 26.2. The number of aromatic nitrogens is 4. The maximum atomic E-state index is 12.3. The third-order valence-electron chi connectivity index (χ3n) is 7.51. The smallest absolute Gasteiger partial charge is 0.222 e. The van der Waals surface area contributed by atoms with Crippen molar-refractivity contribution in [3.63, 3.8) is 0 Å². The van der Waals surface area contributed by atoms with Crippen molar-refractivity contribution >= 4 is 28.7 Å². The zero-order valence-corrected chi connectivity index (χ0v) is 23.0. The Kier molecular flexibility index (Phi) is 7.43. The van der Waals surface area contributed by atoms with Crippen molar-refractivity contribution in [2.24, 2.45) is 11.3 Å². The van der Waals surface area contributed by atoms with E-state index in [0.717, 1.165) is 74.5 Å². The normalized spacial score (nSPS) is 16.6. The summed E-state index contributed by atoms with van der Waals surface area (Å²) in [6.07, 6.45) is 4.52. The van der Waals surface area contributed by atoms with E-state index >= 15 is 0 Å². The molecular weight excluding hydrogens is 480 g/mol. The number of ether oxygens (including phenoxy) is 1. The number of nitrogen functional groups attached to an aromatic ring is 1. The molecule has 38 heavy (non-hydrogen) atoms. The Morgan fingerprint density at radius 2 is 1.97 bits per heavy atom. The first-order valence-electron chi connectivity index (χ1n) is 13.7. The Balaban J connectivity index is 1.23. The average molecular weight is 521 g/mol. The number of hydrogen-bond donors (Lipinski definition) is 2. The molecular formula is C28H40N8O2. The second kappa shape index (κ2) is 10.8. The van der Waals surface area contributed by atoms with Crippen LogP contribution in [0.3, 0.4) is 0 Å². The van der Waals surface area contributed by atoms with E-state index in [1.165, 1.54) is 5.56 Å². The van der Waals surface area contributed by atoms with Gasteiger partial charge in [-0.25, -0.2) is 4.98 Å². The first-order valence-corrected chi connectivity index (χ1v) is 13.7. The van der Waals surface area contributed by atoms with Crippen LogP contribution in [0.5, 0.6) is 5.75 Å². The molecule has 10 heteroatoms. The van der Waals surface area contributed by atoms with Crippen LogP contribution in [-0.2, 0) is 17.9 Å². The SMILES string of the molecule is CCCCNc1nc(N)nc2cnn(Cc3ccc(CN4CC5(C4)CN(C(=O)CC(C)C)C5)cc3OC)c12. The van der Waals surface area contributed by atoms with Crippen molar-refractivity contribution in [1.82, 2.24) is 29.5 Å². The van der Waals surface area contributed by atoms with Gasteiger partial charge in [-0.2, -0.15) is 10.1 Å². The summed E-state index contributed by atoms with van der Waals surface area (Å²) in [5, 5.41) is 7.98. The zero-order valence-electron chi connectivity index (χ0n) is 23.0. The second-order valence-electron chi connectivity index (χ2n) is 11.4. The fourth-order valence-electron chi connectivity index (χ4n) is 5.71. The van der Waals surface area contributed by atoms with Gasteiger partial charge in [0.25, 0.3) is 0 Å². The van der Waals surface area contributed by atoms with Crippen LogP contribution in [0.25, 0.3) is 11.0 Å². The van der Waals surface area contributed by atoms with Gasteiger partial charge in [-0.15, -0.1) is 0 Å². The minimum Gasteiger partial charge on any atom is -0.496 e. The highest BCUT2D eigenvalue weighted by Gasteiger charge is 2.52. The van der Waals surface area contributed by atoms with Gasteiger partial charge in [0.05, 0.1) is 19.9 Å². The standard InChI is InChI=1S/C28H40N8O2/c1-5-6-9-30-26-25-22(32-27(29)33-26)12-31-36(25)14-21-8-7-20(11-23(21)38-4)13-34-15-28(16-34)17-35(18-28)24(37)10-19(2)3/h7-8,11-12,19H,5-6,9-10,13-18H2,1-4H3,(H3,29,30,32,33). The molecule has 10 nitrogen and oxygen atoms in total. The number of rotatable bonds is 11. The van der Waals surface area contributed by atoms with Crippen LogP contribution >= 0.6 is 0 Å². The van der Waals surface area contributed by atoms with E-state index in [9.17, 15) is 4.79 Å². The summed E-state index contributed by atoms with van der Waals surface area (Å²) >= 11 is 0. The lowest BCUT2D eigenvalue weighted by atomic mass is 9.72. The van der Waals surface area contributed by atoms with Crippen LogP contribution in [0.15, 0.2) is 24.4 Å². The van der Waals surface area contributed by atoms with Gasteiger partial charge in [-0.3, -0.25) is 14.4 Å². The summed E-state index contributed by atoms with van der Waals surface area (Å²) in [6, 6.07) is 6.41. The van der Waals surface area contributed by atoms with Crippen LogP contribution in [-0.4, -0.2) is 75.3 Å². The maximum absolute atomic E-state index is 12.3. The van der Waals surface area contributed by atoms with Crippen LogP contribution in [0.2, 0.25) is 0 Å². The lowest BCUT2D eigenvalue weighted by molar-refractivity contribution is -0.160. The molecule has 204 valence electrons. The Bertz CT molecular complexity index is 1290. The number of nitrogens with two attached hydrogens (primary N) is 1. The molecule has 1 aromatic carbocycles. The number of anilines is 2. The van der Waals surface area contributed by atoms with Crippen LogP contribution in [0.1, 0.15) is 51.2 Å². The van der Waals surface area contributed by atoms with Gasteiger partial charge in [-0.1, -0.05) is 39.3 Å². The van der Waals surface area contributed by atoms with E-state index < -0.39 is 0 Å². The number of unbranched alkanes of at least 4 members (excludes halogenated alkanes) is 1. The number of likely N-dealkylation sites (tertiary alicyclic amines) is 2. The van der Waals surface area contributed by atoms with Gasteiger partial charge in [0.1, 0.15) is 16.8 Å². The fourth-order valence-corrected chi connectivity index (χ4v) is 5.71. The molecule has 4 heterocycles. The van der Waals surface area contributed by atoms with E-state index in [2.05, 4.69) is 64.3 Å². The van der Waals surface area contributed by atoms with Crippen LogP contribution < -0.4 is 15.8 Å². The third-order valence-corrected chi connectivity index (χ3v) is 7.51. The number of methoxy groups -OCH3 is 1. The molecule has 1 amide bonds. The zero-order chi connectivity index (χ0) is 26.9. The Morgan fingerprint density at radius 3 is 2.68 bits per heavy atom. The van der Waals surface area contributed by atoms with Crippen LogP contribution in [0.4, 0.5) is 11.8 Å². The molecule has 2 aliphatic rings. The lowest BCUT2D eigenvalue weighted by Crippen LogP contribution is -2.72. The van der Waals surface area contributed by atoms with Crippen molar-refractivity contribution in [2.75, 3.05) is 50.9 Å². The molecule has 0 atom stereocenters. The number of benzene rings is 1. The lowest BCUT2D eigenvalue weighted by Gasteiger charge is -2.60. The average Bonchev–Trinajstić information content (AvgIpc) is 3.22. The van der Waals surface area contributed by atoms with Gasteiger partial charge in [0.15, 0.2) is 5.82 Å². The van der Waals surface area contributed by atoms with Crippen molar-refractivity contribution in [2.45, 2.75) is 53.1 Å². The Morgan fingerprint density at radius 1 is 1.18 bits per heavy atom. The molecule has 2 aromatic heterocycles. The summed E-state index contributed by atoms with van der Waals surface area (Å²) in [5.74, 6) is 2.50. The second-order valence-corrected chi connectivity index (χ2v) is 11.4. The number of amides is 1.